The van der Waals surface area contributed by atoms with Crippen molar-refractivity contribution in [2.45, 2.75) is 25.7 Å². The lowest BCUT2D eigenvalue weighted by molar-refractivity contribution is -0.125. The highest BCUT2D eigenvalue weighted by molar-refractivity contribution is 7.80. The molecule has 1 amide bonds. The second-order valence-electron chi connectivity index (χ2n) is 3.06. The van der Waals surface area contributed by atoms with Crippen LogP contribution >= 0.6 is 12.6 Å². The molecule has 0 saturated carbocycles. The summed E-state index contributed by atoms with van der Waals surface area (Å²) < 4.78 is 0. The summed E-state index contributed by atoms with van der Waals surface area (Å²) in [4.78, 5) is 11.1. The number of thiol groups is 1. The molecule has 1 heterocycles. The van der Waals surface area contributed by atoms with Gasteiger partial charge in [0, 0.05) is 19.5 Å². The zero-order valence-electron chi connectivity index (χ0n) is 7.25. The minimum atomic E-state index is 0.0897. The van der Waals surface area contributed by atoms with Gasteiger partial charge in [-0.05, 0) is 18.6 Å². The van der Waals surface area contributed by atoms with Crippen LogP contribution in [0.25, 0.3) is 0 Å². The molecule has 0 bridgehead atoms. The van der Waals surface area contributed by atoms with Gasteiger partial charge in [-0.2, -0.15) is 12.6 Å². The Kier molecular flexibility index (Phi) is 4.46. The molecule has 1 saturated heterocycles. The molecule has 1 aliphatic heterocycles. The van der Waals surface area contributed by atoms with E-state index in [1.807, 2.05) is 5.01 Å². The van der Waals surface area contributed by atoms with Crippen LogP contribution in [-0.4, -0.2) is 29.8 Å². The Morgan fingerprint density at radius 2 is 2.00 bits per heavy atom. The maximum atomic E-state index is 11.1. The summed E-state index contributed by atoms with van der Waals surface area (Å²) in [6, 6.07) is 0. The molecule has 0 unspecified atom stereocenters. The van der Waals surface area contributed by atoms with Crippen molar-refractivity contribution in [2.75, 3.05) is 18.8 Å². The van der Waals surface area contributed by atoms with Crippen molar-refractivity contribution in [3.8, 4) is 0 Å². The van der Waals surface area contributed by atoms with Gasteiger partial charge in [0.2, 0.25) is 5.91 Å². The molecule has 0 aliphatic carbocycles. The van der Waals surface area contributed by atoms with Crippen LogP contribution in [0.5, 0.6) is 0 Å². The molecule has 12 heavy (non-hydrogen) atoms. The summed E-state index contributed by atoms with van der Waals surface area (Å²) in [5.41, 5.74) is 2.87. The number of hydrogen-bond acceptors (Lipinski definition) is 3. The molecule has 1 fully saturated rings. The summed E-state index contributed by atoms with van der Waals surface area (Å²) in [6.07, 6.45) is 4.20. The summed E-state index contributed by atoms with van der Waals surface area (Å²) in [6.45, 7) is 2.00. The summed E-state index contributed by atoms with van der Waals surface area (Å²) in [5, 5.41) is 2.01. The number of hydrogen-bond donors (Lipinski definition) is 2. The second-order valence-corrected chi connectivity index (χ2v) is 3.50. The fraction of sp³-hybridized carbons (Fsp3) is 0.875. The molecular weight excluding hydrogens is 172 g/mol. The number of carbonyl (C=O) groups is 1. The molecule has 0 atom stereocenters. The van der Waals surface area contributed by atoms with E-state index in [-0.39, 0.29) is 5.91 Å². The molecule has 70 valence electrons. The summed E-state index contributed by atoms with van der Waals surface area (Å²) in [5.74, 6) is 0.714. The molecule has 1 rings (SSSR count). The maximum Gasteiger partial charge on any atom is 0.235 e. The lowest BCUT2D eigenvalue weighted by Gasteiger charge is -2.26. The third-order valence-corrected chi connectivity index (χ3v) is 2.20. The van der Waals surface area contributed by atoms with E-state index in [2.05, 4.69) is 18.1 Å². The molecule has 4 heteroatoms. The van der Waals surface area contributed by atoms with Gasteiger partial charge >= 0.3 is 0 Å². The average Bonchev–Trinajstić information content (AvgIpc) is 2.06. The average molecular weight is 188 g/mol. The number of amides is 1. The number of carbonyl (C=O) groups excluding carboxylic acids is 1. The predicted octanol–water partition coefficient (Wildman–Crippen LogP) is 0.823. The maximum absolute atomic E-state index is 11.1. The van der Waals surface area contributed by atoms with Gasteiger partial charge in [0.25, 0.3) is 0 Å². The smallest absolute Gasteiger partial charge is 0.235 e. The Hall–Kier alpha value is -0.220. The zero-order valence-corrected chi connectivity index (χ0v) is 8.15. The number of piperidine rings is 1. The normalized spacial score (nSPS) is 19.1. The first-order valence-electron chi connectivity index (χ1n) is 4.48. The van der Waals surface area contributed by atoms with Crippen LogP contribution in [0.4, 0.5) is 0 Å². The molecule has 0 aromatic carbocycles. The lowest BCUT2D eigenvalue weighted by atomic mass is 10.2. The van der Waals surface area contributed by atoms with Crippen LogP contribution in [0.3, 0.4) is 0 Å². The van der Waals surface area contributed by atoms with Gasteiger partial charge in [0.1, 0.15) is 0 Å². The van der Waals surface area contributed by atoms with Gasteiger partial charge in [-0.3, -0.25) is 10.2 Å². The largest absolute Gasteiger partial charge is 0.289 e. The monoisotopic (exact) mass is 188 g/mol. The van der Waals surface area contributed by atoms with Gasteiger partial charge in [-0.25, -0.2) is 5.01 Å². The van der Waals surface area contributed by atoms with Crippen LogP contribution in [0.1, 0.15) is 25.7 Å². The van der Waals surface area contributed by atoms with Gasteiger partial charge < -0.3 is 0 Å². The molecular formula is C8H16N2OS. The van der Waals surface area contributed by atoms with Crippen LogP contribution in [0.2, 0.25) is 0 Å². The zero-order chi connectivity index (χ0) is 8.81. The number of hydrazine groups is 1. The SMILES string of the molecule is O=C(CCS)NN1CCCCC1. The summed E-state index contributed by atoms with van der Waals surface area (Å²) in [7, 11) is 0. The first-order chi connectivity index (χ1) is 5.83. The fourth-order valence-electron chi connectivity index (χ4n) is 1.34. The van der Waals surface area contributed by atoms with Crippen molar-refractivity contribution in [1.82, 2.24) is 10.4 Å². The highest BCUT2D eigenvalue weighted by Gasteiger charge is 2.11. The second kappa shape index (κ2) is 5.43. The Bertz CT molecular complexity index is 146. The quantitative estimate of drug-likeness (QED) is 0.643. The van der Waals surface area contributed by atoms with Crippen molar-refractivity contribution < 1.29 is 4.79 Å². The minimum absolute atomic E-state index is 0.0897. The first kappa shape index (κ1) is 9.86. The van der Waals surface area contributed by atoms with E-state index < -0.39 is 0 Å². The van der Waals surface area contributed by atoms with Crippen molar-refractivity contribution in [3.63, 3.8) is 0 Å². The molecule has 3 nitrogen and oxygen atoms in total. The highest BCUT2D eigenvalue weighted by atomic mass is 32.1. The molecule has 0 aromatic rings. The van der Waals surface area contributed by atoms with Crippen molar-refractivity contribution >= 4 is 18.5 Å². The van der Waals surface area contributed by atoms with Crippen LogP contribution in [-0.2, 0) is 4.79 Å². The van der Waals surface area contributed by atoms with Gasteiger partial charge in [-0.1, -0.05) is 6.42 Å². The molecule has 0 radical (unpaired) electrons. The third-order valence-electron chi connectivity index (χ3n) is 1.98. The fourth-order valence-corrected chi connectivity index (χ4v) is 1.54. The van der Waals surface area contributed by atoms with Crippen LogP contribution in [0, 0.1) is 0 Å². The Morgan fingerprint density at radius 1 is 1.33 bits per heavy atom. The van der Waals surface area contributed by atoms with E-state index in [9.17, 15) is 4.79 Å². The summed E-state index contributed by atoms with van der Waals surface area (Å²) >= 11 is 4.00. The van der Waals surface area contributed by atoms with E-state index in [0.29, 0.717) is 12.2 Å². The van der Waals surface area contributed by atoms with Crippen LogP contribution in [0.15, 0.2) is 0 Å². The molecule has 0 spiro atoms. The third kappa shape index (κ3) is 3.45. The minimum Gasteiger partial charge on any atom is -0.289 e. The van der Waals surface area contributed by atoms with Gasteiger partial charge in [0.15, 0.2) is 0 Å². The van der Waals surface area contributed by atoms with E-state index >= 15 is 0 Å². The lowest BCUT2D eigenvalue weighted by Crippen LogP contribution is -2.45. The Morgan fingerprint density at radius 3 is 2.58 bits per heavy atom. The number of nitrogens with one attached hydrogen (secondary N) is 1. The number of nitrogens with zero attached hydrogens (tertiary/aromatic N) is 1. The van der Waals surface area contributed by atoms with Crippen LogP contribution < -0.4 is 5.43 Å². The van der Waals surface area contributed by atoms with Gasteiger partial charge in [0.05, 0.1) is 0 Å². The standard InChI is InChI=1S/C8H16N2OS/c11-8(4-7-12)9-10-5-2-1-3-6-10/h12H,1-7H2,(H,9,11). The molecule has 1 aliphatic rings. The van der Waals surface area contributed by atoms with Crippen molar-refractivity contribution in [1.29, 1.82) is 0 Å². The Balaban J connectivity index is 2.15. The van der Waals surface area contributed by atoms with E-state index in [1.165, 1.54) is 19.3 Å². The van der Waals surface area contributed by atoms with E-state index in [0.717, 1.165) is 13.1 Å². The van der Waals surface area contributed by atoms with Gasteiger partial charge in [-0.15, -0.1) is 0 Å². The van der Waals surface area contributed by atoms with Crippen molar-refractivity contribution in [2.24, 2.45) is 0 Å². The van der Waals surface area contributed by atoms with Crippen molar-refractivity contribution in [3.05, 3.63) is 0 Å². The first-order valence-corrected chi connectivity index (χ1v) is 5.11. The van der Waals surface area contributed by atoms with E-state index in [4.69, 9.17) is 0 Å². The Labute approximate surface area is 78.9 Å². The molecule has 1 N–H and O–H groups in total. The topological polar surface area (TPSA) is 32.3 Å². The highest BCUT2D eigenvalue weighted by Crippen LogP contribution is 2.05. The number of rotatable bonds is 3. The van der Waals surface area contributed by atoms with E-state index in [1.54, 1.807) is 0 Å². The molecule has 0 aromatic heterocycles. The predicted molar refractivity (Wildman–Crippen MR) is 52.0 cm³/mol.